The Morgan fingerprint density at radius 2 is 2.20 bits per heavy atom. The molecule has 1 aromatic rings. The predicted octanol–water partition coefficient (Wildman–Crippen LogP) is 1.71. The molecule has 0 aliphatic carbocycles. The van der Waals surface area contributed by atoms with Gasteiger partial charge in [0.2, 0.25) is 0 Å². The minimum Gasteiger partial charge on any atom is -0.381 e. The first kappa shape index (κ1) is 10.6. The maximum absolute atomic E-state index is 11.2. The van der Waals surface area contributed by atoms with Crippen LogP contribution in [0.4, 0.5) is 5.69 Å². The van der Waals surface area contributed by atoms with Crippen LogP contribution in [-0.4, -0.2) is 26.7 Å². The number of hydrogen-bond donors (Lipinski definition) is 1. The fourth-order valence-corrected chi connectivity index (χ4v) is 3.09. The monoisotopic (exact) mass is 224 g/mol. The summed E-state index contributed by atoms with van der Waals surface area (Å²) in [4.78, 5) is 4.24. The Morgan fingerprint density at radius 3 is 2.87 bits per heavy atom. The molecule has 0 unspecified atom stereocenters. The minimum absolute atomic E-state index is 0.464. The summed E-state index contributed by atoms with van der Waals surface area (Å²) in [5, 5.41) is 3.47. The van der Waals surface area contributed by atoms with Crippen LogP contribution in [0.2, 0.25) is 0 Å². The van der Waals surface area contributed by atoms with E-state index in [1.54, 1.807) is 6.20 Å². The molecule has 1 N–H and O–H groups in total. The Balaban J connectivity index is 1.97. The molecule has 0 atom stereocenters. The fraction of sp³-hybridized carbons (Fsp3) is 0.545. The third-order valence-electron chi connectivity index (χ3n) is 2.75. The lowest BCUT2D eigenvalue weighted by Crippen LogP contribution is -2.29. The van der Waals surface area contributed by atoms with Crippen LogP contribution >= 0.6 is 0 Å². The number of aromatic nitrogens is 1. The summed E-state index contributed by atoms with van der Waals surface area (Å²) in [6.45, 7) is 2.00. The summed E-state index contributed by atoms with van der Waals surface area (Å²) in [6.07, 6.45) is 3.80. The molecule has 1 saturated heterocycles. The summed E-state index contributed by atoms with van der Waals surface area (Å²) in [7, 11) is -0.580. The van der Waals surface area contributed by atoms with Gasteiger partial charge in [0.1, 0.15) is 0 Å². The van der Waals surface area contributed by atoms with Gasteiger partial charge in [0.05, 0.1) is 11.4 Å². The van der Waals surface area contributed by atoms with Gasteiger partial charge in [-0.15, -0.1) is 0 Å². The molecule has 15 heavy (non-hydrogen) atoms. The molecule has 1 aliphatic rings. The normalized spacial score (nSPS) is 26.2. The van der Waals surface area contributed by atoms with E-state index in [4.69, 9.17) is 0 Å². The van der Waals surface area contributed by atoms with Crippen molar-refractivity contribution in [1.29, 1.82) is 0 Å². The zero-order chi connectivity index (χ0) is 10.7. The molecule has 0 aromatic carbocycles. The van der Waals surface area contributed by atoms with Crippen LogP contribution in [0.5, 0.6) is 0 Å². The first-order valence-corrected chi connectivity index (χ1v) is 6.77. The van der Waals surface area contributed by atoms with E-state index >= 15 is 0 Å². The molecule has 0 bridgehead atoms. The smallest absolute Gasteiger partial charge is 0.0603 e. The molecular formula is C11H16N2OS. The molecule has 82 valence electrons. The van der Waals surface area contributed by atoms with Crippen LogP contribution in [0.25, 0.3) is 0 Å². The molecule has 0 amide bonds. The largest absolute Gasteiger partial charge is 0.381 e. The van der Waals surface area contributed by atoms with Crippen LogP contribution in [0, 0.1) is 6.92 Å². The lowest BCUT2D eigenvalue weighted by atomic mass is 10.1. The van der Waals surface area contributed by atoms with Crippen LogP contribution in [0.3, 0.4) is 0 Å². The van der Waals surface area contributed by atoms with Gasteiger partial charge >= 0.3 is 0 Å². The standard InChI is InChI=1S/C11H16N2OS/c1-9-11(3-2-6-12-9)13-10-4-7-15(14)8-5-10/h2-3,6,10,13H,4-5,7-8H2,1H3. The summed E-state index contributed by atoms with van der Waals surface area (Å²) in [5.74, 6) is 1.66. The van der Waals surface area contributed by atoms with Gasteiger partial charge in [-0.3, -0.25) is 9.19 Å². The van der Waals surface area contributed by atoms with Gasteiger partial charge in [0.25, 0.3) is 0 Å². The van der Waals surface area contributed by atoms with E-state index in [2.05, 4.69) is 10.3 Å². The third-order valence-corrected chi connectivity index (χ3v) is 4.14. The molecule has 3 nitrogen and oxygen atoms in total. The van der Waals surface area contributed by atoms with Crippen molar-refractivity contribution in [1.82, 2.24) is 4.98 Å². The minimum atomic E-state index is -0.580. The summed E-state index contributed by atoms with van der Waals surface area (Å²) in [5.41, 5.74) is 2.14. The maximum atomic E-state index is 11.2. The average Bonchev–Trinajstić information content (AvgIpc) is 2.25. The van der Waals surface area contributed by atoms with Crippen molar-refractivity contribution >= 4 is 16.5 Å². The lowest BCUT2D eigenvalue weighted by Gasteiger charge is -2.24. The van der Waals surface area contributed by atoms with Crippen molar-refractivity contribution in [3.63, 3.8) is 0 Å². The molecule has 1 fully saturated rings. The highest BCUT2D eigenvalue weighted by molar-refractivity contribution is 7.85. The second-order valence-corrected chi connectivity index (χ2v) is 5.60. The Hall–Kier alpha value is -0.900. The van der Waals surface area contributed by atoms with E-state index in [0.717, 1.165) is 35.7 Å². The Morgan fingerprint density at radius 1 is 1.47 bits per heavy atom. The van der Waals surface area contributed by atoms with Crippen molar-refractivity contribution in [2.45, 2.75) is 25.8 Å². The van der Waals surface area contributed by atoms with Crippen LogP contribution in [0.1, 0.15) is 18.5 Å². The van der Waals surface area contributed by atoms with E-state index < -0.39 is 10.8 Å². The molecule has 2 rings (SSSR count). The lowest BCUT2D eigenvalue weighted by molar-refractivity contribution is 0.623. The first-order chi connectivity index (χ1) is 7.25. The molecule has 0 radical (unpaired) electrons. The van der Waals surface area contributed by atoms with Crippen LogP contribution < -0.4 is 5.32 Å². The van der Waals surface area contributed by atoms with Gasteiger partial charge in [-0.1, -0.05) is 0 Å². The number of pyridine rings is 1. The van der Waals surface area contributed by atoms with E-state index in [1.165, 1.54) is 0 Å². The quantitative estimate of drug-likeness (QED) is 0.831. The number of rotatable bonds is 2. The summed E-state index contributed by atoms with van der Waals surface area (Å²) >= 11 is 0. The van der Waals surface area contributed by atoms with Crippen molar-refractivity contribution < 1.29 is 4.21 Å². The topological polar surface area (TPSA) is 42.0 Å². The van der Waals surface area contributed by atoms with Crippen molar-refractivity contribution in [2.24, 2.45) is 0 Å². The van der Waals surface area contributed by atoms with E-state index in [0.29, 0.717) is 6.04 Å². The number of aryl methyl sites for hydroxylation is 1. The average molecular weight is 224 g/mol. The fourth-order valence-electron chi connectivity index (χ4n) is 1.79. The highest BCUT2D eigenvalue weighted by Crippen LogP contribution is 2.17. The van der Waals surface area contributed by atoms with Gasteiger partial charge in [-0.05, 0) is 31.9 Å². The van der Waals surface area contributed by atoms with Crippen molar-refractivity contribution in [3.05, 3.63) is 24.0 Å². The van der Waals surface area contributed by atoms with Gasteiger partial charge < -0.3 is 5.32 Å². The number of anilines is 1. The third kappa shape index (κ3) is 2.78. The molecule has 1 aliphatic heterocycles. The predicted molar refractivity (Wildman–Crippen MR) is 63.5 cm³/mol. The summed E-state index contributed by atoms with van der Waals surface area (Å²) < 4.78 is 11.2. The van der Waals surface area contributed by atoms with E-state index in [1.807, 2.05) is 19.1 Å². The van der Waals surface area contributed by atoms with E-state index in [9.17, 15) is 4.21 Å². The second kappa shape index (κ2) is 4.75. The van der Waals surface area contributed by atoms with Crippen molar-refractivity contribution in [2.75, 3.05) is 16.8 Å². The SMILES string of the molecule is Cc1ncccc1NC1CCS(=O)CC1. The highest BCUT2D eigenvalue weighted by Gasteiger charge is 2.17. The Bertz CT molecular complexity index is 357. The molecule has 0 spiro atoms. The number of nitrogens with one attached hydrogen (secondary N) is 1. The zero-order valence-corrected chi connectivity index (χ0v) is 9.72. The molecule has 4 heteroatoms. The molecule has 0 saturated carbocycles. The van der Waals surface area contributed by atoms with E-state index in [-0.39, 0.29) is 0 Å². The Kier molecular flexibility index (Phi) is 3.36. The zero-order valence-electron chi connectivity index (χ0n) is 8.90. The number of hydrogen-bond acceptors (Lipinski definition) is 3. The van der Waals surface area contributed by atoms with Crippen LogP contribution in [-0.2, 0) is 10.8 Å². The second-order valence-electron chi connectivity index (χ2n) is 3.90. The van der Waals surface area contributed by atoms with Gasteiger partial charge in [0.15, 0.2) is 0 Å². The van der Waals surface area contributed by atoms with Crippen LogP contribution in [0.15, 0.2) is 18.3 Å². The maximum Gasteiger partial charge on any atom is 0.0603 e. The first-order valence-electron chi connectivity index (χ1n) is 5.29. The Labute approximate surface area is 92.8 Å². The molecule has 1 aromatic heterocycles. The number of nitrogens with zero attached hydrogens (tertiary/aromatic N) is 1. The van der Waals surface area contributed by atoms with Gasteiger partial charge in [0, 0.05) is 34.5 Å². The highest BCUT2D eigenvalue weighted by atomic mass is 32.2. The molecular weight excluding hydrogens is 208 g/mol. The van der Waals surface area contributed by atoms with Crippen molar-refractivity contribution in [3.8, 4) is 0 Å². The summed E-state index contributed by atoms with van der Waals surface area (Å²) in [6, 6.07) is 4.45. The van der Waals surface area contributed by atoms with Gasteiger partial charge in [-0.2, -0.15) is 0 Å². The van der Waals surface area contributed by atoms with Gasteiger partial charge in [-0.25, -0.2) is 0 Å². The molecule has 2 heterocycles.